The summed E-state index contributed by atoms with van der Waals surface area (Å²) in [7, 11) is 1.68. The van der Waals surface area contributed by atoms with Gasteiger partial charge in [-0.15, -0.1) is 0 Å². The van der Waals surface area contributed by atoms with Gasteiger partial charge in [-0.05, 0) is 35.2 Å². The fraction of sp³-hybridized carbons (Fsp3) is 0.0588. The maximum Gasteiger partial charge on any atom is 0.135 e. The molecule has 0 aromatic heterocycles. The maximum atomic E-state index is 5.99. The van der Waals surface area contributed by atoms with Gasteiger partial charge in [0.15, 0.2) is 0 Å². The minimum atomic E-state index is 0.846. The first-order chi connectivity index (χ1) is 9.36. The summed E-state index contributed by atoms with van der Waals surface area (Å²) in [5, 5.41) is 2.37. The third-order valence-corrected chi connectivity index (χ3v) is 3.56. The van der Waals surface area contributed by atoms with Crippen molar-refractivity contribution in [3.8, 4) is 28.4 Å². The first-order valence-electron chi connectivity index (χ1n) is 6.25. The van der Waals surface area contributed by atoms with E-state index >= 15 is 0 Å². The van der Waals surface area contributed by atoms with Crippen molar-refractivity contribution in [3.63, 3.8) is 0 Å². The summed E-state index contributed by atoms with van der Waals surface area (Å²) in [5.74, 6) is 2.65. The van der Waals surface area contributed by atoms with E-state index in [-0.39, 0.29) is 0 Å². The van der Waals surface area contributed by atoms with E-state index in [0.717, 1.165) is 22.8 Å². The van der Waals surface area contributed by atoms with Crippen LogP contribution in [-0.2, 0) is 0 Å². The molecule has 19 heavy (non-hydrogen) atoms. The van der Waals surface area contributed by atoms with Crippen molar-refractivity contribution in [3.05, 3.63) is 54.6 Å². The molecule has 0 N–H and O–H groups in total. The molecule has 0 amide bonds. The Kier molecular flexibility index (Phi) is 2.06. The summed E-state index contributed by atoms with van der Waals surface area (Å²) in [6.07, 6.45) is 0. The van der Waals surface area contributed by atoms with E-state index in [1.807, 2.05) is 30.3 Å². The quantitative estimate of drug-likeness (QED) is 0.489. The topological polar surface area (TPSA) is 18.5 Å². The zero-order chi connectivity index (χ0) is 12.8. The van der Waals surface area contributed by atoms with Gasteiger partial charge in [-0.2, -0.15) is 0 Å². The molecule has 0 fully saturated rings. The van der Waals surface area contributed by atoms with Crippen molar-refractivity contribution >= 4 is 10.8 Å². The number of fused-ring (bicyclic) bond motifs is 2. The molecule has 0 saturated carbocycles. The average molecular weight is 248 g/mol. The second-order valence-corrected chi connectivity index (χ2v) is 4.62. The molecule has 0 radical (unpaired) electrons. The van der Waals surface area contributed by atoms with E-state index in [0.29, 0.717) is 0 Å². The number of hydrogen-bond acceptors (Lipinski definition) is 2. The zero-order valence-electron chi connectivity index (χ0n) is 10.5. The lowest BCUT2D eigenvalue weighted by atomic mass is 9.95. The lowest BCUT2D eigenvalue weighted by Crippen LogP contribution is -1.97. The van der Waals surface area contributed by atoms with Gasteiger partial charge >= 0.3 is 0 Å². The Hall–Kier alpha value is -2.48. The van der Waals surface area contributed by atoms with Crippen LogP contribution in [-0.4, -0.2) is 7.11 Å². The Morgan fingerprint density at radius 2 is 1.68 bits per heavy atom. The molecule has 1 aliphatic rings. The summed E-state index contributed by atoms with van der Waals surface area (Å²) in [6, 6.07) is 18.4. The first kappa shape index (κ1) is 10.4. The Labute approximate surface area is 111 Å². The number of rotatable bonds is 1. The predicted molar refractivity (Wildman–Crippen MR) is 76.0 cm³/mol. The highest BCUT2D eigenvalue weighted by Crippen LogP contribution is 2.47. The maximum absolute atomic E-state index is 5.99. The minimum Gasteiger partial charge on any atom is -0.497 e. The summed E-state index contributed by atoms with van der Waals surface area (Å²) in [4.78, 5) is 0. The monoisotopic (exact) mass is 248 g/mol. The number of ether oxygens (including phenoxy) is 2. The molecule has 1 heterocycles. The van der Waals surface area contributed by atoms with Gasteiger partial charge in [0.2, 0.25) is 0 Å². The van der Waals surface area contributed by atoms with Crippen molar-refractivity contribution in [1.29, 1.82) is 0 Å². The molecule has 0 unspecified atom stereocenters. The molecule has 2 nitrogen and oxygen atoms in total. The van der Waals surface area contributed by atoms with Crippen LogP contribution < -0.4 is 9.47 Å². The van der Waals surface area contributed by atoms with Crippen molar-refractivity contribution in [2.24, 2.45) is 0 Å². The lowest BCUT2D eigenvalue weighted by molar-refractivity contribution is 0.413. The molecule has 92 valence electrons. The highest BCUT2D eigenvalue weighted by molar-refractivity contribution is 6.04. The van der Waals surface area contributed by atoms with Crippen LogP contribution in [0.5, 0.6) is 17.2 Å². The summed E-state index contributed by atoms with van der Waals surface area (Å²) in [6.45, 7) is 0. The third kappa shape index (κ3) is 1.43. The van der Waals surface area contributed by atoms with E-state index in [1.165, 1.54) is 16.3 Å². The predicted octanol–water partition coefficient (Wildman–Crippen LogP) is 4.62. The van der Waals surface area contributed by atoms with Gasteiger partial charge in [0.25, 0.3) is 0 Å². The Balaban J connectivity index is 2.11. The lowest BCUT2D eigenvalue weighted by Gasteiger charge is -2.21. The van der Waals surface area contributed by atoms with Gasteiger partial charge in [0.05, 0.1) is 7.11 Å². The average Bonchev–Trinajstić information content (AvgIpc) is 2.47. The molecule has 0 bridgehead atoms. The molecule has 3 aromatic rings. The standard InChI is InChI=1S/C17H12O2/c1-18-12-8-9-15-14(10-12)13-6-2-4-11-5-3-7-16(19-15)17(11)13/h2-10H,1H3. The fourth-order valence-corrected chi connectivity index (χ4v) is 2.67. The molecular formula is C17H12O2. The molecular weight excluding hydrogens is 236 g/mol. The molecule has 3 aromatic carbocycles. The first-order valence-corrected chi connectivity index (χ1v) is 6.25. The Morgan fingerprint density at radius 3 is 2.53 bits per heavy atom. The highest BCUT2D eigenvalue weighted by Gasteiger charge is 2.19. The SMILES string of the molecule is COc1ccc2c(c1)-c1cccc3cccc(c13)O2. The van der Waals surface area contributed by atoms with Gasteiger partial charge in [-0.25, -0.2) is 0 Å². The van der Waals surface area contributed by atoms with Crippen LogP contribution in [0.1, 0.15) is 0 Å². The molecule has 0 spiro atoms. The van der Waals surface area contributed by atoms with E-state index < -0.39 is 0 Å². The number of hydrogen-bond donors (Lipinski definition) is 0. The fourth-order valence-electron chi connectivity index (χ4n) is 2.67. The third-order valence-electron chi connectivity index (χ3n) is 3.56. The zero-order valence-corrected chi connectivity index (χ0v) is 10.5. The van der Waals surface area contributed by atoms with E-state index in [2.05, 4.69) is 24.3 Å². The summed E-state index contributed by atoms with van der Waals surface area (Å²) in [5.41, 5.74) is 2.29. The molecule has 4 rings (SSSR count). The summed E-state index contributed by atoms with van der Waals surface area (Å²) >= 11 is 0. The van der Waals surface area contributed by atoms with Crippen LogP contribution in [0.4, 0.5) is 0 Å². The van der Waals surface area contributed by atoms with Crippen LogP contribution >= 0.6 is 0 Å². The smallest absolute Gasteiger partial charge is 0.135 e. The van der Waals surface area contributed by atoms with Gasteiger partial charge in [-0.3, -0.25) is 0 Å². The van der Waals surface area contributed by atoms with Crippen molar-refractivity contribution in [2.75, 3.05) is 7.11 Å². The molecule has 0 atom stereocenters. The van der Waals surface area contributed by atoms with E-state index in [9.17, 15) is 0 Å². The second kappa shape index (κ2) is 3.75. The van der Waals surface area contributed by atoms with Gasteiger partial charge in [-0.1, -0.05) is 30.3 Å². The normalized spacial score (nSPS) is 11.8. The van der Waals surface area contributed by atoms with Crippen molar-refractivity contribution in [2.45, 2.75) is 0 Å². The van der Waals surface area contributed by atoms with Crippen LogP contribution in [0.3, 0.4) is 0 Å². The largest absolute Gasteiger partial charge is 0.497 e. The van der Waals surface area contributed by atoms with Crippen LogP contribution in [0.15, 0.2) is 54.6 Å². The van der Waals surface area contributed by atoms with Gasteiger partial charge < -0.3 is 9.47 Å². The Bertz CT molecular complexity index is 785. The van der Waals surface area contributed by atoms with E-state index in [1.54, 1.807) is 7.11 Å². The van der Waals surface area contributed by atoms with E-state index in [4.69, 9.17) is 9.47 Å². The molecule has 1 aliphatic heterocycles. The minimum absolute atomic E-state index is 0.846. The molecule has 0 aliphatic carbocycles. The van der Waals surface area contributed by atoms with Crippen molar-refractivity contribution in [1.82, 2.24) is 0 Å². The number of benzene rings is 3. The second-order valence-electron chi connectivity index (χ2n) is 4.62. The number of methoxy groups -OCH3 is 1. The van der Waals surface area contributed by atoms with Crippen LogP contribution in [0.25, 0.3) is 21.9 Å². The van der Waals surface area contributed by atoms with Gasteiger partial charge in [0.1, 0.15) is 17.2 Å². The van der Waals surface area contributed by atoms with Crippen LogP contribution in [0.2, 0.25) is 0 Å². The van der Waals surface area contributed by atoms with Crippen molar-refractivity contribution < 1.29 is 9.47 Å². The Morgan fingerprint density at radius 1 is 0.842 bits per heavy atom. The van der Waals surface area contributed by atoms with Gasteiger partial charge in [0, 0.05) is 10.9 Å². The molecule has 0 saturated heterocycles. The summed E-state index contributed by atoms with van der Waals surface area (Å²) < 4.78 is 11.3. The van der Waals surface area contributed by atoms with Crippen LogP contribution in [0, 0.1) is 0 Å². The highest BCUT2D eigenvalue weighted by atomic mass is 16.5. The molecule has 2 heteroatoms.